The lowest BCUT2D eigenvalue weighted by atomic mass is 9.97. The monoisotopic (exact) mass is 1690 g/mol. The van der Waals surface area contributed by atoms with Gasteiger partial charge in [-0.15, -0.1) is 68.8 Å². The number of alkyl halides is 3. The van der Waals surface area contributed by atoms with Crippen LogP contribution in [0.25, 0.3) is 30.3 Å². The molecule has 0 fully saturated rings. The molecule has 2 amide bonds. The molecule has 614 valence electrons. The minimum absolute atomic E-state index is 0.0105. The van der Waals surface area contributed by atoms with Crippen molar-refractivity contribution in [1.82, 2.24) is 0 Å². The summed E-state index contributed by atoms with van der Waals surface area (Å²) in [6.07, 6.45) is 2.03. The molecule has 12 rings (SSSR count). The number of hydrogen-bond acceptors (Lipinski definition) is 18. The van der Waals surface area contributed by atoms with Gasteiger partial charge in [-0.05, 0) is 201 Å². The normalized spacial score (nSPS) is 14.7. The molecular weight excluding hydrogens is 1590 g/mol. The topological polar surface area (TPSA) is 223 Å². The molecule has 0 saturated heterocycles. The van der Waals surface area contributed by atoms with Crippen LogP contribution in [0.2, 0.25) is 0 Å². The number of amides is 2. The number of carbonyl (C=O) groups excluding carboxylic acids is 6. The van der Waals surface area contributed by atoms with Crippen molar-refractivity contribution in [3.8, 4) is 17.2 Å². The number of carboxylic acids is 1. The lowest BCUT2D eigenvalue weighted by Gasteiger charge is -2.25. The maximum absolute atomic E-state index is 13.3. The number of rotatable bonds is 24. The first-order valence-corrected chi connectivity index (χ1v) is 42.9. The number of fused-ring (bicyclic) bond motifs is 9. The lowest BCUT2D eigenvalue weighted by molar-refractivity contribution is -0.156. The summed E-state index contributed by atoms with van der Waals surface area (Å²) in [4.78, 5) is 84.4. The molecule has 6 heterocycles. The number of aryl methyl sites for hydroxylation is 3. The van der Waals surface area contributed by atoms with Gasteiger partial charge in [0.2, 0.25) is 11.1 Å². The Bertz CT molecular complexity index is 4730. The Kier molecular flexibility index (Phi) is 33.4. The summed E-state index contributed by atoms with van der Waals surface area (Å²) in [5, 5.41) is 21.5. The molecular formula is C89H107Cl4N3O15S3. The average molecular weight is 1700 g/mol. The second-order valence-corrected chi connectivity index (χ2v) is 36.2. The van der Waals surface area contributed by atoms with E-state index in [0.717, 1.165) is 77.6 Å². The fraction of sp³-hybridized carbons (Fsp3) is 0.449. The molecule has 114 heavy (non-hydrogen) atoms. The van der Waals surface area contributed by atoms with Crippen LogP contribution in [0, 0.1) is 20.8 Å². The fourth-order valence-electron chi connectivity index (χ4n) is 13.2. The van der Waals surface area contributed by atoms with E-state index < -0.39 is 33.6 Å². The molecule has 0 saturated carbocycles. The number of esters is 3. The lowest BCUT2D eigenvalue weighted by Crippen LogP contribution is -2.36. The molecule has 6 aromatic carbocycles. The first kappa shape index (κ1) is 91.4. The van der Waals surface area contributed by atoms with Crippen LogP contribution in [0.3, 0.4) is 0 Å². The highest BCUT2D eigenvalue weighted by Gasteiger charge is 2.39. The van der Waals surface area contributed by atoms with Crippen molar-refractivity contribution in [2.75, 3.05) is 52.4 Å². The molecule has 0 aliphatic carbocycles. The first-order chi connectivity index (χ1) is 53.9. The third-order valence-electron chi connectivity index (χ3n) is 18.0. The van der Waals surface area contributed by atoms with Gasteiger partial charge in [0, 0.05) is 134 Å². The van der Waals surface area contributed by atoms with Crippen LogP contribution in [0.4, 0.5) is 21.9 Å². The van der Waals surface area contributed by atoms with E-state index in [1.165, 1.54) is 43.6 Å². The zero-order valence-corrected chi connectivity index (χ0v) is 73.4. The van der Waals surface area contributed by atoms with Gasteiger partial charge in [0.15, 0.2) is 0 Å². The number of aliphatic carboxylic acids is 1. The van der Waals surface area contributed by atoms with E-state index in [4.69, 9.17) is 84.7 Å². The van der Waals surface area contributed by atoms with Gasteiger partial charge < -0.3 is 48.5 Å². The van der Waals surface area contributed by atoms with Gasteiger partial charge in [0.1, 0.15) is 59.5 Å². The van der Waals surface area contributed by atoms with Gasteiger partial charge in [-0.1, -0.05) is 91.0 Å². The van der Waals surface area contributed by atoms with Crippen molar-refractivity contribution >= 4 is 169 Å². The molecule has 0 spiro atoms. The minimum atomic E-state index is -0.886. The molecule has 3 aliphatic heterocycles. The Morgan fingerprint density at radius 1 is 0.447 bits per heavy atom. The van der Waals surface area contributed by atoms with Crippen LogP contribution in [0.1, 0.15) is 209 Å². The van der Waals surface area contributed by atoms with Crippen LogP contribution in [0.5, 0.6) is 17.2 Å². The molecule has 25 heteroatoms. The van der Waals surface area contributed by atoms with Crippen molar-refractivity contribution < 1.29 is 71.8 Å². The second kappa shape index (κ2) is 41.6. The van der Waals surface area contributed by atoms with Gasteiger partial charge in [-0.2, -0.15) is 0 Å². The summed E-state index contributed by atoms with van der Waals surface area (Å²) >= 11 is 29.1. The number of benzene rings is 6. The number of carboxylic acid groups (broad SMARTS) is 1. The number of thiophene rings is 3. The van der Waals surface area contributed by atoms with E-state index in [-0.39, 0.29) is 80.3 Å². The smallest absolute Gasteiger partial charge is 0.414 e. The largest absolute Gasteiger partial charge is 0.487 e. The molecule has 3 aliphatic rings. The summed E-state index contributed by atoms with van der Waals surface area (Å²) in [6, 6.07) is 36.5. The highest BCUT2D eigenvalue weighted by Crippen LogP contribution is 2.52. The molecule has 18 nitrogen and oxygen atoms in total. The number of anilines is 3. The fourth-order valence-corrected chi connectivity index (χ4v) is 17.2. The summed E-state index contributed by atoms with van der Waals surface area (Å²) in [5.41, 5.74) is 11.5. The Hall–Kier alpha value is -8.15. The highest BCUT2D eigenvalue weighted by molar-refractivity contribution is 7.18. The van der Waals surface area contributed by atoms with Gasteiger partial charge in [0.25, 0.3) is 0 Å². The zero-order chi connectivity index (χ0) is 83.4. The molecule has 3 aromatic heterocycles. The van der Waals surface area contributed by atoms with Crippen LogP contribution in [-0.2, 0) is 67.5 Å². The SMILES string of the molecule is CC(C)(C)OC(=O)CCCC(=O)Cl.CC(C)(C)OC(=O)CCCC(=O)O.Cc1csc2c(OCc3ccccc3)cc3c(c12)[C@H](CCl)CN3.Cc1csc2c(OCc3ccccc3)cc3c(c12)[C@H](CCl)CN3C(=O)CCCC(=O)OC(C)(C)C.Cc1csc2c(OCc3ccccc3)cc3c(c12)[C@H](CCl)CN3C(=O)OC(C)(C)C. The number of hydrogen-bond donors (Lipinski definition) is 2. The summed E-state index contributed by atoms with van der Waals surface area (Å²) < 4.78 is 43.1. The first-order valence-electron chi connectivity index (χ1n) is 38.3. The van der Waals surface area contributed by atoms with Crippen LogP contribution in [0.15, 0.2) is 125 Å². The van der Waals surface area contributed by atoms with Crippen LogP contribution in [-0.4, -0.2) is 106 Å². The predicted octanol–water partition coefficient (Wildman–Crippen LogP) is 23.2. The Balaban J connectivity index is 0.000000188. The Morgan fingerprint density at radius 3 is 1.15 bits per heavy atom. The van der Waals surface area contributed by atoms with Gasteiger partial charge in [0.05, 0.1) is 25.5 Å². The van der Waals surface area contributed by atoms with Crippen LogP contribution >= 0.6 is 80.4 Å². The van der Waals surface area contributed by atoms with E-state index in [0.29, 0.717) is 75.7 Å². The van der Waals surface area contributed by atoms with Crippen molar-refractivity contribution in [2.45, 2.75) is 222 Å². The average Bonchev–Trinajstić information content (AvgIpc) is 1.58. The van der Waals surface area contributed by atoms with E-state index in [1.807, 2.05) is 137 Å². The quantitative estimate of drug-likeness (QED) is 0.0248. The van der Waals surface area contributed by atoms with Gasteiger partial charge >= 0.3 is 30.0 Å². The number of nitrogens with one attached hydrogen (secondary N) is 1. The molecule has 3 atom stereocenters. The maximum Gasteiger partial charge on any atom is 0.414 e. The Morgan fingerprint density at radius 2 is 0.789 bits per heavy atom. The summed E-state index contributed by atoms with van der Waals surface area (Å²) in [6.45, 7) is 31.7. The summed E-state index contributed by atoms with van der Waals surface area (Å²) in [5.74, 6) is 2.75. The number of halogens is 4. The highest BCUT2D eigenvalue weighted by atomic mass is 35.5. The molecule has 2 N–H and O–H groups in total. The number of nitrogens with zero attached hydrogens (tertiary/aromatic N) is 2. The molecule has 9 aromatic rings. The van der Waals surface area contributed by atoms with Crippen molar-refractivity contribution in [1.29, 1.82) is 0 Å². The van der Waals surface area contributed by atoms with E-state index in [2.05, 4.69) is 60.4 Å². The number of ether oxygens (including phenoxy) is 7. The second-order valence-electron chi connectivity index (χ2n) is 32.2. The zero-order valence-electron chi connectivity index (χ0n) is 67.9. The standard InChI is InChI=1S/C28H32ClNO4S.C24H26ClNO3S.C19H18ClNOS.C9H15ClO3.C9H16O4/c1-18-17-35-27-22(33-16-19-9-6-5-7-10-19)13-21-26(25(18)27)20(14-29)15-30(21)23(31)11-8-12-24(32)34-28(2,3)4;1-15-14-30-22-19(28-13-16-8-6-5-7-9-16)10-18-21(20(15)22)17(11-25)12-26(18)23(27)29-24(2,3)4;1-12-11-23-19-16(22-10-13-5-3-2-4-6-13)7-15-18(17(12)19)14(8-20)9-21-15;2*1-9(2,3)13-8(12)6-4-5-7(10)11/h5-7,9-10,13,17,20H,8,11-12,14-16H2,1-4H3;5-10,14,17H,11-13H2,1-4H3;2-7,11,14,21H,8-10H2,1H3;4-6H2,1-3H3;4-6H2,1-3H3,(H,10,11)/t20-;17-;14-;;/m111../s1. The van der Waals surface area contributed by atoms with Gasteiger partial charge in [-0.3, -0.25) is 33.7 Å². The van der Waals surface area contributed by atoms with E-state index in [1.54, 1.807) is 80.5 Å². The van der Waals surface area contributed by atoms with Crippen molar-refractivity contribution in [3.63, 3.8) is 0 Å². The minimum Gasteiger partial charge on any atom is -0.487 e. The predicted molar refractivity (Wildman–Crippen MR) is 464 cm³/mol. The molecule has 0 radical (unpaired) electrons. The van der Waals surface area contributed by atoms with Crippen molar-refractivity contribution in [3.05, 3.63) is 175 Å². The van der Waals surface area contributed by atoms with E-state index in [9.17, 15) is 33.6 Å². The molecule has 0 unspecified atom stereocenters. The van der Waals surface area contributed by atoms with E-state index >= 15 is 0 Å². The summed E-state index contributed by atoms with van der Waals surface area (Å²) in [7, 11) is 0. The number of carbonyl (C=O) groups is 7. The Labute approximate surface area is 702 Å². The maximum atomic E-state index is 13.3. The van der Waals surface area contributed by atoms with Crippen LogP contribution < -0.4 is 29.3 Å². The van der Waals surface area contributed by atoms with Gasteiger partial charge in [-0.25, -0.2) is 4.79 Å². The van der Waals surface area contributed by atoms with Crippen molar-refractivity contribution in [2.24, 2.45) is 0 Å². The third-order valence-corrected chi connectivity index (χ3v) is 22.6. The third kappa shape index (κ3) is 26.7. The molecule has 0 bridgehead atoms.